The average Bonchev–Trinajstić information content (AvgIpc) is 2.35. The van der Waals surface area contributed by atoms with Crippen LogP contribution in [0.25, 0.3) is 0 Å². The van der Waals surface area contributed by atoms with E-state index in [9.17, 15) is 4.39 Å². The average molecular weight is 313 g/mol. The normalized spacial score (nSPS) is 12.2. The molecule has 0 radical (unpaired) electrons. The van der Waals surface area contributed by atoms with Gasteiger partial charge in [0.25, 0.3) is 0 Å². The highest BCUT2D eigenvalue weighted by Crippen LogP contribution is 2.31. The molecule has 0 heterocycles. The number of rotatable bonds is 3. The minimum absolute atomic E-state index is 0.0769. The zero-order valence-corrected chi connectivity index (χ0v) is 12.7. The third-order valence-electron chi connectivity index (χ3n) is 3.13. The van der Waals surface area contributed by atoms with Crippen molar-refractivity contribution in [3.05, 3.63) is 57.3 Å². The summed E-state index contributed by atoms with van der Waals surface area (Å²) in [5, 5.41) is 4.40. The molecule has 2 aromatic carbocycles. The fourth-order valence-electron chi connectivity index (χ4n) is 1.99. The van der Waals surface area contributed by atoms with E-state index in [1.165, 1.54) is 6.07 Å². The van der Waals surface area contributed by atoms with Crippen LogP contribution in [0.5, 0.6) is 0 Å². The number of hydrogen-bond donors (Lipinski definition) is 2. The zero-order chi connectivity index (χ0) is 14.9. The van der Waals surface area contributed by atoms with E-state index in [1.807, 2.05) is 13.0 Å². The molecule has 0 amide bonds. The molecule has 0 saturated carbocycles. The monoisotopic (exact) mass is 312 g/mol. The maximum atomic E-state index is 13.4. The van der Waals surface area contributed by atoms with Crippen LogP contribution in [0.2, 0.25) is 10.0 Å². The molecule has 20 heavy (non-hydrogen) atoms. The molecule has 0 aromatic heterocycles. The van der Waals surface area contributed by atoms with Gasteiger partial charge in [0.15, 0.2) is 0 Å². The first-order chi connectivity index (χ1) is 9.38. The van der Waals surface area contributed by atoms with E-state index in [1.54, 1.807) is 25.1 Å². The topological polar surface area (TPSA) is 38.0 Å². The molecular weight excluding hydrogens is 298 g/mol. The Morgan fingerprint density at radius 2 is 1.90 bits per heavy atom. The van der Waals surface area contributed by atoms with Crippen LogP contribution >= 0.6 is 23.2 Å². The molecule has 0 spiro atoms. The molecule has 106 valence electrons. The summed E-state index contributed by atoms with van der Waals surface area (Å²) in [7, 11) is 0. The van der Waals surface area contributed by atoms with Crippen LogP contribution in [0, 0.1) is 12.7 Å². The van der Waals surface area contributed by atoms with Crippen molar-refractivity contribution in [3.63, 3.8) is 0 Å². The van der Waals surface area contributed by atoms with E-state index in [0.29, 0.717) is 27.0 Å². The summed E-state index contributed by atoms with van der Waals surface area (Å²) in [4.78, 5) is 0. The van der Waals surface area contributed by atoms with Crippen molar-refractivity contribution in [3.8, 4) is 0 Å². The number of halogens is 3. The first-order valence-electron chi connectivity index (χ1n) is 6.15. The Balaban J connectivity index is 2.27. The summed E-state index contributed by atoms with van der Waals surface area (Å²) in [6.07, 6.45) is 0. The second-order valence-corrected chi connectivity index (χ2v) is 5.56. The van der Waals surface area contributed by atoms with E-state index < -0.39 is 0 Å². The van der Waals surface area contributed by atoms with Gasteiger partial charge in [0.2, 0.25) is 0 Å². The second kappa shape index (κ2) is 5.90. The number of hydrogen-bond acceptors (Lipinski definition) is 2. The van der Waals surface area contributed by atoms with Gasteiger partial charge in [-0.2, -0.15) is 0 Å². The van der Waals surface area contributed by atoms with E-state index in [4.69, 9.17) is 28.9 Å². The van der Waals surface area contributed by atoms with Gasteiger partial charge in [-0.1, -0.05) is 29.3 Å². The maximum Gasteiger partial charge on any atom is 0.128 e. The Morgan fingerprint density at radius 3 is 2.55 bits per heavy atom. The number of nitrogens with one attached hydrogen (secondary N) is 1. The molecule has 2 rings (SSSR count). The van der Waals surface area contributed by atoms with E-state index in [2.05, 4.69) is 5.32 Å². The van der Waals surface area contributed by atoms with Crippen molar-refractivity contribution in [1.29, 1.82) is 0 Å². The van der Waals surface area contributed by atoms with Gasteiger partial charge in [-0.3, -0.25) is 0 Å². The lowest BCUT2D eigenvalue weighted by atomic mass is 10.1. The van der Waals surface area contributed by atoms with Crippen LogP contribution in [0.4, 0.5) is 15.8 Å². The smallest absolute Gasteiger partial charge is 0.128 e. The van der Waals surface area contributed by atoms with Gasteiger partial charge >= 0.3 is 0 Å². The van der Waals surface area contributed by atoms with Crippen molar-refractivity contribution < 1.29 is 4.39 Å². The summed E-state index contributed by atoms with van der Waals surface area (Å²) in [6.45, 7) is 3.65. The second-order valence-electron chi connectivity index (χ2n) is 4.72. The molecule has 0 aliphatic carbocycles. The molecule has 2 aromatic rings. The van der Waals surface area contributed by atoms with Crippen molar-refractivity contribution in [2.45, 2.75) is 19.9 Å². The van der Waals surface area contributed by atoms with E-state index in [-0.39, 0.29) is 11.9 Å². The van der Waals surface area contributed by atoms with Crippen LogP contribution in [-0.2, 0) is 0 Å². The molecule has 0 aliphatic rings. The quantitative estimate of drug-likeness (QED) is 0.765. The summed E-state index contributed by atoms with van der Waals surface area (Å²) < 4.78 is 13.4. The summed E-state index contributed by atoms with van der Waals surface area (Å²) in [6, 6.07) is 8.25. The lowest BCUT2D eigenvalue weighted by Crippen LogP contribution is -2.09. The molecule has 5 heteroatoms. The fraction of sp³-hybridized carbons (Fsp3) is 0.200. The van der Waals surface area contributed by atoms with Gasteiger partial charge in [-0.15, -0.1) is 0 Å². The highest BCUT2D eigenvalue weighted by atomic mass is 35.5. The highest BCUT2D eigenvalue weighted by Gasteiger charge is 2.12. The fourth-order valence-corrected chi connectivity index (χ4v) is 2.56. The van der Waals surface area contributed by atoms with Gasteiger partial charge < -0.3 is 11.1 Å². The minimum Gasteiger partial charge on any atom is -0.397 e. The summed E-state index contributed by atoms with van der Waals surface area (Å²) in [5.74, 6) is -0.315. The number of nitrogen functional groups attached to an aromatic ring is 1. The maximum absolute atomic E-state index is 13.4. The first kappa shape index (κ1) is 14.9. The standard InChI is InChI=1S/C15H15Cl2FN2/c1-8-5-15(14(19)7-13(8)18)20-9(2)11-4-3-10(16)6-12(11)17/h3-7,9,20H,19H2,1-2H3. The van der Waals surface area contributed by atoms with Gasteiger partial charge in [0.05, 0.1) is 17.4 Å². The number of benzene rings is 2. The Bertz CT molecular complexity index is 644. The summed E-state index contributed by atoms with van der Waals surface area (Å²) in [5.41, 5.74) is 8.31. The molecule has 1 unspecified atom stereocenters. The van der Waals surface area contributed by atoms with Crippen molar-refractivity contribution in [2.24, 2.45) is 0 Å². The Labute approximate surface area is 127 Å². The van der Waals surface area contributed by atoms with Gasteiger partial charge in [0.1, 0.15) is 5.82 Å². The number of nitrogens with two attached hydrogens (primary N) is 1. The lowest BCUT2D eigenvalue weighted by Gasteiger charge is -2.19. The third-order valence-corrected chi connectivity index (χ3v) is 3.69. The molecule has 0 saturated heterocycles. The first-order valence-corrected chi connectivity index (χ1v) is 6.91. The molecule has 1 atom stereocenters. The van der Waals surface area contributed by atoms with Crippen LogP contribution < -0.4 is 11.1 Å². The van der Waals surface area contributed by atoms with Crippen molar-refractivity contribution in [2.75, 3.05) is 11.1 Å². The molecule has 2 nitrogen and oxygen atoms in total. The highest BCUT2D eigenvalue weighted by molar-refractivity contribution is 6.35. The van der Waals surface area contributed by atoms with Crippen LogP contribution in [-0.4, -0.2) is 0 Å². The van der Waals surface area contributed by atoms with Gasteiger partial charge in [-0.05, 0) is 49.2 Å². The Hall–Kier alpha value is -1.45. The lowest BCUT2D eigenvalue weighted by molar-refractivity contribution is 0.619. The van der Waals surface area contributed by atoms with Crippen LogP contribution in [0.1, 0.15) is 24.1 Å². The van der Waals surface area contributed by atoms with Gasteiger partial charge in [-0.25, -0.2) is 4.39 Å². The Morgan fingerprint density at radius 1 is 1.20 bits per heavy atom. The largest absolute Gasteiger partial charge is 0.397 e. The third kappa shape index (κ3) is 3.17. The SMILES string of the molecule is Cc1cc(NC(C)c2ccc(Cl)cc2Cl)c(N)cc1F. The zero-order valence-electron chi connectivity index (χ0n) is 11.2. The predicted octanol–water partition coefficient (Wildman–Crippen LogP) is 5.20. The van der Waals surface area contributed by atoms with E-state index in [0.717, 1.165) is 5.56 Å². The van der Waals surface area contributed by atoms with Crippen molar-refractivity contribution >= 4 is 34.6 Å². The number of aryl methyl sites for hydroxylation is 1. The predicted molar refractivity (Wildman–Crippen MR) is 84.0 cm³/mol. The summed E-state index contributed by atoms with van der Waals surface area (Å²) >= 11 is 12.0. The van der Waals surface area contributed by atoms with Crippen molar-refractivity contribution in [1.82, 2.24) is 0 Å². The van der Waals surface area contributed by atoms with Crippen LogP contribution in [0.15, 0.2) is 30.3 Å². The van der Waals surface area contributed by atoms with Crippen LogP contribution in [0.3, 0.4) is 0 Å². The molecular formula is C15H15Cl2FN2. The van der Waals surface area contributed by atoms with E-state index >= 15 is 0 Å². The van der Waals surface area contributed by atoms with Gasteiger partial charge in [0, 0.05) is 10.0 Å². The molecule has 0 bridgehead atoms. The Kier molecular flexibility index (Phi) is 4.41. The molecule has 0 aliphatic heterocycles. The minimum atomic E-state index is -0.315. The molecule has 3 N–H and O–H groups in total. The number of anilines is 2. The molecule has 0 fully saturated rings.